The number of piperazine rings is 1. The Labute approximate surface area is 118 Å². The highest BCUT2D eigenvalue weighted by molar-refractivity contribution is 5.04. The van der Waals surface area contributed by atoms with Gasteiger partial charge in [-0.2, -0.15) is 0 Å². The molecule has 0 aromatic rings. The summed E-state index contributed by atoms with van der Waals surface area (Å²) in [5, 5.41) is 3.77. The van der Waals surface area contributed by atoms with Crippen molar-refractivity contribution in [1.29, 1.82) is 0 Å². The summed E-state index contributed by atoms with van der Waals surface area (Å²) < 4.78 is 5.80. The highest BCUT2D eigenvalue weighted by Crippen LogP contribution is 2.44. The van der Waals surface area contributed by atoms with Crippen molar-refractivity contribution in [3.8, 4) is 0 Å². The molecule has 3 aliphatic rings. The Morgan fingerprint density at radius 2 is 2.16 bits per heavy atom. The van der Waals surface area contributed by atoms with E-state index in [1.54, 1.807) is 0 Å². The second-order valence-electron chi connectivity index (χ2n) is 6.99. The molecule has 0 aromatic carbocycles. The third kappa shape index (κ3) is 2.98. The van der Waals surface area contributed by atoms with Gasteiger partial charge in [0, 0.05) is 37.8 Å². The van der Waals surface area contributed by atoms with Crippen LogP contribution >= 0.6 is 0 Å². The van der Waals surface area contributed by atoms with Gasteiger partial charge in [-0.3, -0.25) is 4.90 Å². The summed E-state index contributed by atoms with van der Waals surface area (Å²) in [6.07, 6.45) is 8.44. The first-order valence-electron chi connectivity index (χ1n) is 8.32. The molecule has 19 heavy (non-hydrogen) atoms. The summed E-state index contributed by atoms with van der Waals surface area (Å²) in [4.78, 5) is 2.79. The van der Waals surface area contributed by atoms with E-state index in [1.165, 1.54) is 58.2 Å². The van der Waals surface area contributed by atoms with Gasteiger partial charge in [-0.25, -0.2) is 0 Å². The Kier molecular flexibility index (Phi) is 4.16. The molecule has 1 N–H and O–H groups in total. The van der Waals surface area contributed by atoms with Gasteiger partial charge in [-0.05, 0) is 51.4 Å². The average molecular weight is 266 g/mol. The molecule has 3 unspecified atom stereocenters. The normalized spacial score (nSPS) is 40.7. The minimum absolute atomic E-state index is 0.407. The zero-order valence-electron chi connectivity index (χ0n) is 12.7. The van der Waals surface area contributed by atoms with Crippen LogP contribution in [0.2, 0.25) is 0 Å². The third-order valence-corrected chi connectivity index (χ3v) is 5.61. The molecule has 2 saturated heterocycles. The van der Waals surface area contributed by atoms with Crippen molar-refractivity contribution in [2.75, 3.05) is 26.2 Å². The number of nitrogens with zero attached hydrogens (tertiary/aromatic N) is 1. The van der Waals surface area contributed by atoms with Crippen LogP contribution in [-0.4, -0.2) is 48.8 Å². The molecule has 2 heterocycles. The Hall–Kier alpha value is -0.120. The molecule has 0 bridgehead atoms. The van der Waals surface area contributed by atoms with Gasteiger partial charge in [-0.15, -0.1) is 0 Å². The SMILES string of the molecule is CCC1CN(CCC2CCCO2)C(C)(C2CC2)CN1. The van der Waals surface area contributed by atoms with Crippen molar-refractivity contribution < 1.29 is 4.74 Å². The lowest BCUT2D eigenvalue weighted by Crippen LogP contribution is -2.64. The minimum Gasteiger partial charge on any atom is -0.378 e. The fourth-order valence-electron chi connectivity index (χ4n) is 3.90. The van der Waals surface area contributed by atoms with Crippen molar-refractivity contribution in [3.63, 3.8) is 0 Å². The van der Waals surface area contributed by atoms with Crippen LogP contribution < -0.4 is 5.32 Å². The first-order chi connectivity index (χ1) is 9.22. The van der Waals surface area contributed by atoms with Crippen molar-refractivity contribution >= 4 is 0 Å². The Morgan fingerprint density at radius 1 is 1.32 bits per heavy atom. The summed E-state index contributed by atoms with van der Waals surface area (Å²) in [6.45, 7) is 9.42. The number of rotatable bonds is 5. The molecule has 0 amide bonds. The van der Waals surface area contributed by atoms with Gasteiger partial charge in [-0.1, -0.05) is 6.92 Å². The summed E-state index contributed by atoms with van der Waals surface area (Å²) in [5.74, 6) is 0.933. The van der Waals surface area contributed by atoms with Gasteiger partial charge in [0.15, 0.2) is 0 Å². The van der Waals surface area contributed by atoms with E-state index in [4.69, 9.17) is 4.74 Å². The van der Waals surface area contributed by atoms with Crippen LogP contribution in [-0.2, 0) is 4.74 Å². The van der Waals surface area contributed by atoms with Gasteiger partial charge in [0.2, 0.25) is 0 Å². The van der Waals surface area contributed by atoms with Gasteiger partial charge in [0.05, 0.1) is 6.10 Å². The van der Waals surface area contributed by atoms with E-state index in [0.29, 0.717) is 17.7 Å². The van der Waals surface area contributed by atoms with Crippen LogP contribution in [0.25, 0.3) is 0 Å². The van der Waals surface area contributed by atoms with E-state index in [2.05, 4.69) is 24.1 Å². The van der Waals surface area contributed by atoms with Crippen LogP contribution in [0.3, 0.4) is 0 Å². The number of hydrogen-bond donors (Lipinski definition) is 1. The average Bonchev–Trinajstić information content (AvgIpc) is 3.16. The highest BCUT2D eigenvalue weighted by atomic mass is 16.5. The van der Waals surface area contributed by atoms with E-state index in [1.807, 2.05) is 0 Å². The van der Waals surface area contributed by atoms with E-state index in [0.717, 1.165) is 12.5 Å². The van der Waals surface area contributed by atoms with Crippen molar-refractivity contribution in [2.24, 2.45) is 5.92 Å². The fraction of sp³-hybridized carbons (Fsp3) is 1.00. The lowest BCUT2D eigenvalue weighted by atomic mass is 9.88. The number of ether oxygens (including phenoxy) is 1. The predicted molar refractivity (Wildman–Crippen MR) is 78.4 cm³/mol. The van der Waals surface area contributed by atoms with Crippen LogP contribution in [0.15, 0.2) is 0 Å². The molecule has 3 nitrogen and oxygen atoms in total. The lowest BCUT2D eigenvalue weighted by molar-refractivity contribution is 0.0162. The standard InChI is InChI=1S/C16H30N2O/c1-3-14-11-18(9-8-15-5-4-10-19-15)16(2,12-17-14)13-6-7-13/h13-15,17H,3-12H2,1-2H3. The van der Waals surface area contributed by atoms with E-state index in [-0.39, 0.29) is 0 Å². The Bertz CT molecular complexity index is 299. The molecular formula is C16H30N2O. The Morgan fingerprint density at radius 3 is 2.79 bits per heavy atom. The molecule has 1 saturated carbocycles. The van der Waals surface area contributed by atoms with Crippen molar-refractivity contribution in [1.82, 2.24) is 10.2 Å². The second kappa shape index (κ2) is 5.71. The maximum atomic E-state index is 5.80. The first kappa shape index (κ1) is 13.8. The largest absolute Gasteiger partial charge is 0.378 e. The van der Waals surface area contributed by atoms with Crippen LogP contribution in [0, 0.1) is 5.92 Å². The summed E-state index contributed by atoms with van der Waals surface area (Å²) in [5.41, 5.74) is 0.407. The van der Waals surface area contributed by atoms with E-state index < -0.39 is 0 Å². The lowest BCUT2D eigenvalue weighted by Gasteiger charge is -2.49. The molecule has 110 valence electrons. The zero-order chi connectivity index (χ0) is 13.3. The summed E-state index contributed by atoms with van der Waals surface area (Å²) >= 11 is 0. The quantitative estimate of drug-likeness (QED) is 0.827. The predicted octanol–water partition coefficient (Wildman–Crippen LogP) is 2.41. The van der Waals surface area contributed by atoms with Crippen molar-refractivity contribution in [2.45, 2.75) is 70.1 Å². The molecule has 0 aromatic heterocycles. The molecule has 3 heteroatoms. The number of hydrogen-bond acceptors (Lipinski definition) is 3. The maximum absolute atomic E-state index is 5.80. The van der Waals surface area contributed by atoms with Gasteiger partial charge in [0.1, 0.15) is 0 Å². The molecule has 0 spiro atoms. The smallest absolute Gasteiger partial charge is 0.0588 e. The molecule has 3 rings (SSSR count). The monoisotopic (exact) mass is 266 g/mol. The fourth-order valence-corrected chi connectivity index (χ4v) is 3.90. The van der Waals surface area contributed by atoms with Gasteiger partial charge < -0.3 is 10.1 Å². The molecule has 3 fully saturated rings. The summed E-state index contributed by atoms with van der Waals surface area (Å²) in [6, 6.07) is 0.691. The molecule has 3 atom stereocenters. The molecule has 1 aliphatic carbocycles. The number of nitrogens with one attached hydrogen (secondary N) is 1. The minimum atomic E-state index is 0.407. The molecule has 0 radical (unpaired) electrons. The highest BCUT2D eigenvalue weighted by Gasteiger charge is 2.47. The second-order valence-corrected chi connectivity index (χ2v) is 6.99. The van der Waals surface area contributed by atoms with E-state index in [9.17, 15) is 0 Å². The molecule has 2 aliphatic heterocycles. The van der Waals surface area contributed by atoms with Crippen LogP contribution in [0.5, 0.6) is 0 Å². The van der Waals surface area contributed by atoms with Crippen LogP contribution in [0.4, 0.5) is 0 Å². The third-order valence-electron chi connectivity index (χ3n) is 5.61. The Balaban J connectivity index is 1.59. The zero-order valence-corrected chi connectivity index (χ0v) is 12.7. The van der Waals surface area contributed by atoms with E-state index >= 15 is 0 Å². The maximum Gasteiger partial charge on any atom is 0.0588 e. The van der Waals surface area contributed by atoms with Crippen LogP contribution in [0.1, 0.15) is 52.4 Å². The van der Waals surface area contributed by atoms with Gasteiger partial charge >= 0.3 is 0 Å². The molecular weight excluding hydrogens is 236 g/mol. The van der Waals surface area contributed by atoms with Gasteiger partial charge in [0.25, 0.3) is 0 Å². The first-order valence-corrected chi connectivity index (χ1v) is 8.32. The van der Waals surface area contributed by atoms with Crippen molar-refractivity contribution in [3.05, 3.63) is 0 Å². The topological polar surface area (TPSA) is 24.5 Å². The summed E-state index contributed by atoms with van der Waals surface area (Å²) in [7, 11) is 0.